The summed E-state index contributed by atoms with van der Waals surface area (Å²) in [5, 5.41) is 0. The molecule has 2 nitrogen and oxygen atoms in total. The summed E-state index contributed by atoms with van der Waals surface area (Å²) in [5.41, 5.74) is 5.92. The van der Waals surface area contributed by atoms with E-state index < -0.39 is 0 Å². The third kappa shape index (κ3) is 12.7. The standard InChI is InChI=1S/C40H54O2.C2H6/c1-4-15-33(16-5-1)17-10-11-18-34-25-14-26-35(27-34)19-12-13-24-38-28-39(41-31-36-20-6-2-7-21-36)30-40(29-38)42-32-37-22-8-3-9-23-37;1-2/h2,4,6,14-16,22,25,27-30,35-36H,1,3,5,7-13,17-21,23-24,26,31-32H2;1-2H3. The highest BCUT2D eigenvalue weighted by molar-refractivity contribution is 5.39. The predicted octanol–water partition coefficient (Wildman–Crippen LogP) is 12.4. The molecule has 0 heterocycles. The van der Waals surface area contributed by atoms with E-state index in [9.17, 15) is 0 Å². The average Bonchev–Trinajstić information content (AvgIpc) is 3.09. The Labute approximate surface area is 270 Å². The maximum absolute atomic E-state index is 6.36. The van der Waals surface area contributed by atoms with Crippen molar-refractivity contribution in [2.45, 2.75) is 129 Å². The van der Waals surface area contributed by atoms with Crippen LogP contribution in [0.1, 0.15) is 129 Å². The van der Waals surface area contributed by atoms with E-state index in [1.165, 1.54) is 114 Å². The second-order valence-electron chi connectivity index (χ2n) is 13.0. The van der Waals surface area contributed by atoms with Gasteiger partial charge in [-0.3, -0.25) is 0 Å². The van der Waals surface area contributed by atoms with Gasteiger partial charge in [-0.15, -0.1) is 0 Å². The average molecular weight is 597 g/mol. The maximum Gasteiger partial charge on any atom is 0.123 e. The Bertz CT molecular complexity index is 1160. The summed E-state index contributed by atoms with van der Waals surface area (Å²) < 4.78 is 12.7. The molecule has 44 heavy (non-hydrogen) atoms. The Morgan fingerprint density at radius 1 is 0.682 bits per heavy atom. The van der Waals surface area contributed by atoms with Crippen molar-refractivity contribution in [3.8, 4) is 11.5 Å². The monoisotopic (exact) mass is 596 g/mol. The van der Waals surface area contributed by atoms with Crippen molar-refractivity contribution in [2.75, 3.05) is 13.2 Å². The van der Waals surface area contributed by atoms with E-state index in [4.69, 9.17) is 9.47 Å². The summed E-state index contributed by atoms with van der Waals surface area (Å²) in [7, 11) is 0. The normalized spacial score (nSPS) is 21.1. The summed E-state index contributed by atoms with van der Waals surface area (Å²) in [6, 6.07) is 6.65. The minimum Gasteiger partial charge on any atom is -0.493 e. The molecule has 0 aliphatic heterocycles. The van der Waals surface area contributed by atoms with E-state index in [1.54, 1.807) is 11.1 Å². The molecule has 0 amide bonds. The minimum atomic E-state index is 0.629. The van der Waals surface area contributed by atoms with Crippen molar-refractivity contribution >= 4 is 0 Å². The van der Waals surface area contributed by atoms with Crippen molar-refractivity contribution in [1.29, 1.82) is 0 Å². The molecule has 1 aromatic rings. The number of hydrogen-bond donors (Lipinski definition) is 0. The van der Waals surface area contributed by atoms with Crippen LogP contribution in [0.3, 0.4) is 0 Å². The molecular formula is C42H60O2. The first-order chi connectivity index (χ1) is 21.8. The second kappa shape index (κ2) is 20.3. The zero-order valence-corrected chi connectivity index (χ0v) is 28.0. The van der Waals surface area contributed by atoms with Crippen molar-refractivity contribution in [1.82, 2.24) is 0 Å². The van der Waals surface area contributed by atoms with Crippen LogP contribution >= 0.6 is 0 Å². The molecule has 2 unspecified atom stereocenters. The Morgan fingerprint density at radius 2 is 1.50 bits per heavy atom. The molecule has 1 aromatic carbocycles. The molecule has 0 saturated heterocycles. The fourth-order valence-electron chi connectivity index (χ4n) is 6.81. The van der Waals surface area contributed by atoms with Gasteiger partial charge in [0, 0.05) is 6.07 Å². The van der Waals surface area contributed by atoms with E-state index >= 15 is 0 Å². The Kier molecular flexibility index (Phi) is 15.8. The molecule has 0 radical (unpaired) electrons. The largest absolute Gasteiger partial charge is 0.493 e. The number of rotatable bonds is 16. The molecule has 2 atom stereocenters. The van der Waals surface area contributed by atoms with Gasteiger partial charge in [0.15, 0.2) is 0 Å². The first kappa shape index (κ1) is 34.1. The number of unbranched alkanes of at least 4 members (excludes halogenated alkanes) is 2. The van der Waals surface area contributed by atoms with Gasteiger partial charge in [-0.2, -0.15) is 0 Å². The summed E-state index contributed by atoms with van der Waals surface area (Å²) in [5.74, 6) is 3.29. The SMILES string of the molecule is C1=CC(CCCCC2=CC(CCCCc3cc(OCC4=CCCCC4)cc(OCC4CC=CCC4)c3)CC=C2)=CCC1.CC. The van der Waals surface area contributed by atoms with Gasteiger partial charge in [-0.1, -0.05) is 86.1 Å². The van der Waals surface area contributed by atoms with Crippen LogP contribution in [0.4, 0.5) is 0 Å². The summed E-state index contributed by atoms with van der Waals surface area (Å²) >= 11 is 0. The minimum absolute atomic E-state index is 0.629. The Hall–Kier alpha value is -2.74. The van der Waals surface area contributed by atoms with Gasteiger partial charge in [0.05, 0.1) is 6.61 Å². The number of hydrogen-bond acceptors (Lipinski definition) is 2. The quantitative estimate of drug-likeness (QED) is 0.140. The molecule has 5 rings (SSSR count). The molecule has 2 heteroatoms. The van der Waals surface area contributed by atoms with E-state index in [0.29, 0.717) is 11.8 Å². The van der Waals surface area contributed by atoms with Crippen LogP contribution in [0.25, 0.3) is 0 Å². The number of aryl methyl sites for hydroxylation is 1. The second-order valence-corrected chi connectivity index (χ2v) is 13.0. The number of benzene rings is 1. The lowest BCUT2D eigenvalue weighted by molar-refractivity contribution is 0.237. The molecule has 4 aliphatic rings. The van der Waals surface area contributed by atoms with Crippen LogP contribution in [-0.2, 0) is 6.42 Å². The smallest absolute Gasteiger partial charge is 0.123 e. The first-order valence-corrected chi connectivity index (χ1v) is 18.3. The molecule has 0 N–H and O–H groups in total. The molecule has 0 fully saturated rings. The van der Waals surface area contributed by atoms with Crippen molar-refractivity contribution in [2.24, 2.45) is 11.8 Å². The van der Waals surface area contributed by atoms with Crippen LogP contribution in [0.5, 0.6) is 11.5 Å². The van der Waals surface area contributed by atoms with Gasteiger partial charge < -0.3 is 9.47 Å². The topological polar surface area (TPSA) is 18.5 Å². The molecule has 0 saturated carbocycles. The zero-order chi connectivity index (χ0) is 30.7. The highest BCUT2D eigenvalue weighted by Crippen LogP contribution is 2.29. The van der Waals surface area contributed by atoms with Gasteiger partial charge in [-0.25, -0.2) is 0 Å². The number of allylic oxidation sites excluding steroid dienone is 11. The molecule has 0 spiro atoms. The van der Waals surface area contributed by atoms with E-state index in [0.717, 1.165) is 37.6 Å². The van der Waals surface area contributed by atoms with Crippen LogP contribution in [0.2, 0.25) is 0 Å². The lowest BCUT2D eigenvalue weighted by atomic mass is 9.89. The first-order valence-electron chi connectivity index (χ1n) is 18.3. The molecule has 240 valence electrons. The lowest BCUT2D eigenvalue weighted by Crippen LogP contribution is -2.13. The van der Waals surface area contributed by atoms with Gasteiger partial charge in [0.1, 0.15) is 18.1 Å². The van der Waals surface area contributed by atoms with Crippen LogP contribution < -0.4 is 9.47 Å². The van der Waals surface area contributed by atoms with Gasteiger partial charge in [-0.05, 0) is 144 Å². The fourth-order valence-corrected chi connectivity index (χ4v) is 6.81. The van der Waals surface area contributed by atoms with Gasteiger partial charge >= 0.3 is 0 Å². The summed E-state index contributed by atoms with van der Waals surface area (Å²) in [6.45, 7) is 5.52. The summed E-state index contributed by atoms with van der Waals surface area (Å²) in [6.07, 6.45) is 43.6. The van der Waals surface area contributed by atoms with E-state index in [-0.39, 0.29) is 0 Å². The van der Waals surface area contributed by atoms with E-state index in [2.05, 4.69) is 72.9 Å². The van der Waals surface area contributed by atoms with Crippen LogP contribution in [0, 0.1) is 11.8 Å². The Balaban J connectivity index is 0.00000216. The highest BCUT2D eigenvalue weighted by Gasteiger charge is 2.13. The number of ether oxygens (including phenoxy) is 2. The van der Waals surface area contributed by atoms with Crippen molar-refractivity contribution < 1.29 is 9.47 Å². The maximum atomic E-state index is 6.36. The Morgan fingerprint density at radius 3 is 2.27 bits per heavy atom. The molecule has 4 aliphatic carbocycles. The van der Waals surface area contributed by atoms with Crippen molar-refractivity contribution in [3.05, 3.63) is 95.2 Å². The molecule has 0 aromatic heterocycles. The third-order valence-electron chi connectivity index (χ3n) is 9.38. The summed E-state index contributed by atoms with van der Waals surface area (Å²) in [4.78, 5) is 0. The predicted molar refractivity (Wildman–Crippen MR) is 190 cm³/mol. The van der Waals surface area contributed by atoms with Crippen LogP contribution in [0.15, 0.2) is 89.6 Å². The zero-order valence-electron chi connectivity index (χ0n) is 28.0. The highest BCUT2D eigenvalue weighted by atomic mass is 16.5. The van der Waals surface area contributed by atoms with Gasteiger partial charge in [0.2, 0.25) is 0 Å². The van der Waals surface area contributed by atoms with Gasteiger partial charge in [0.25, 0.3) is 0 Å². The fraction of sp³-hybridized carbons (Fsp3) is 0.571. The molecular weight excluding hydrogens is 536 g/mol. The third-order valence-corrected chi connectivity index (χ3v) is 9.38. The molecule has 0 bridgehead atoms. The van der Waals surface area contributed by atoms with Crippen LogP contribution in [-0.4, -0.2) is 13.2 Å². The van der Waals surface area contributed by atoms with E-state index in [1.807, 2.05) is 13.8 Å². The lowest BCUT2D eigenvalue weighted by Gasteiger charge is -2.20. The van der Waals surface area contributed by atoms with Crippen molar-refractivity contribution in [3.63, 3.8) is 0 Å².